The Morgan fingerprint density at radius 2 is 1.05 bits per heavy atom. The van der Waals surface area contributed by atoms with Crippen LogP contribution >= 0.6 is 0 Å². The maximum atomic E-state index is 6.62. The van der Waals surface area contributed by atoms with Crippen molar-refractivity contribution < 1.29 is 8.83 Å². The van der Waals surface area contributed by atoms with Crippen molar-refractivity contribution in [3.8, 4) is 51.0 Å². The average molecular weight is 811 g/mol. The standard InChI is InChI=1S/C57H38N4O2/c1-3-14-34(15-4-1)37-19-13-23-50-53(37)42-27-25-36(31-52(42)63-50)55-58-54(35-24-26-41-40-18-7-10-22-49(40)62-51(41)30-35)59-56(60-55)61-47-21-9-6-17-39(47)44-32-43-38-16-5-8-20-45(38)57(28-11-2-12-29-57)46(43)33-48(44)61/h1,3-10,13-27,30-33H,2,11-12,28-29H2. The van der Waals surface area contributed by atoms with E-state index in [1.165, 1.54) is 52.3 Å². The molecule has 6 nitrogen and oxygen atoms in total. The minimum atomic E-state index is -0.000559. The summed E-state index contributed by atoms with van der Waals surface area (Å²) in [6.07, 6.45) is 6.06. The lowest BCUT2D eigenvalue weighted by molar-refractivity contribution is 0.353. The highest BCUT2D eigenvalue weighted by Gasteiger charge is 2.44. The Morgan fingerprint density at radius 1 is 0.397 bits per heavy atom. The van der Waals surface area contributed by atoms with Crippen LogP contribution in [-0.2, 0) is 5.41 Å². The summed E-state index contributed by atoms with van der Waals surface area (Å²) in [5.74, 6) is 1.69. The van der Waals surface area contributed by atoms with E-state index in [1.807, 2.05) is 30.3 Å². The van der Waals surface area contributed by atoms with Gasteiger partial charge in [-0.3, -0.25) is 4.57 Å². The first-order valence-corrected chi connectivity index (χ1v) is 22.1. The number of benzene rings is 8. The molecule has 63 heavy (non-hydrogen) atoms. The van der Waals surface area contributed by atoms with Gasteiger partial charge in [-0.25, -0.2) is 4.98 Å². The fourth-order valence-electron chi connectivity index (χ4n) is 11.2. The van der Waals surface area contributed by atoms with E-state index < -0.39 is 0 Å². The van der Waals surface area contributed by atoms with Crippen LogP contribution in [0.15, 0.2) is 179 Å². The van der Waals surface area contributed by atoms with Crippen LogP contribution in [0.2, 0.25) is 0 Å². The van der Waals surface area contributed by atoms with Crippen LogP contribution in [0.25, 0.3) is 117 Å². The van der Waals surface area contributed by atoms with Crippen LogP contribution in [0.4, 0.5) is 0 Å². The van der Waals surface area contributed by atoms with Gasteiger partial charge in [-0.2, -0.15) is 9.97 Å². The van der Waals surface area contributed by atoms with Crippen LogP contribution in [-0.4, -0.2) is 19.5 Å². The van der Waals surface area contributed by atoms with Crippen LogP contribution < -0.4 is 0 Å². The van der Waals surface area contributed by atoms with Crippen molar-refractivity contribution in [2.24, 2.45) is 0 Å². The number of para-hydroxylation sites is 2. The summed E-state index contributed by atoms with van der Waals surface area (Å²) in [5, 5.41) is 6.65. The third kappa shape index (κ3) is 5.03. The van der Waals surface area contributed by atoms with E-state index in [0.717, 1.165) is 90.0 Å². The molecule has 0 aliphatic heterocycles. The first-order valence-electron chi connectivity index (χ1n) is 22.1. The Labute approximate surface area is 362 Å². The van der Waals surface area contributed by atoms with Gasteiger partial charge in [0, 0.05) is 48.9 Å². The maximum absolute atomic E-state index is 6.62. The molecule has 8 aromatic carbocycles. The predicted molar refractivity (Wildman–Crippen MR) is 254 cm³/mol. The molecule has 0 radical (unpaired) electrons. The normalized spacial score (nSPS) is 14.5. The number of rotatable bonds is 4. The third-order valence-electron chi connectivity index (χ3n) is 14.1. The Bertz CT molecular complexity index is 3850. The molecule has 0 unspecified atom stereocenters. The Balaban J connectivity index is 1.02. The van der Waals surface area contributed by atoms with E-state index in [9.17, 15) is 0 Å². The zero-order valence-corrected chi connectivity index (χ0v) is 34.3. The Kier molecular flexibility index (Phi) is 7.24. The summed E-state index contributed by atoms with van der Waals surface area (Å²) in [4.78, 5) is 16.1. The van der Waals surface area contributed by atoms with Crippen LogP contribution in [0.1, 0.15) is 43.2 Å². The topological polar surface area (TPSA) is 69.9 Å². The van der Waals surface area contributed by atoms with Gasteiger partial charge in [-0.15, -0.1) is 0 Å². The molecule has 0 N–H and O–H groups in total. The third-order valence-corrected chi connectivity index (χ3v) is 14.1. The molecule has 4 aromatic heterocycles. The number of nitrogens with zero attached hydrogens (tertiary/aromatic N) is 4. The van der Waals surface area contributed by atoms with Crippen molar-refractivity contribution in [3.63, 3.8) is 0 Å². The molecule has 2 aliphatic rings. The monoisotopic (exact) mass is 810 g/mol. The van der Waals surface area contributed by atoms with Crippen LogP contribution in [0.5, 0.6) is 0 Å². The van der Waals surface area contributed by atoms with Gasteiger partial charge in [-0.05, 0) is 101 Å². The fraction of sp³-hybridized carbons (Fsp3) is 0.105. The Morgan fingerprint density at radius 3 is 1.89 bits per heavy atom. The summed E-state index contributed by atoms with van der Waals surface area (Å²) in [5.41, 5.74) is 15.0. The molecular formula is C57H38N4O2. The summed E-state index contributed by atoms with van der Waals surface area (Å²) in [6.45, 7) is 0. The Hall–Kier alpha value is -7.83. The largest absolute Gasteiger partial charge is 0.456 e. The minimum absolute atomic E-state index is 0.000559. The van der Waals surface area contributed by atoms with E-state index in [-0.39, 0.29) is 5.41 Å². The van der Waals surface area contributed by atoms with Gasteiger partial charge < -0.3 is 8.83 Å². The maximum Gasteiger partial charge on any atom is 0.238 e. The van der Waals surface area contributed by atoms with E-state index in [2.05, 4.69) is 144 Å². The molecule has 0 amide bonds. The number of furan rings is 2. The van der Waals surface area contributed by atoms with Crippen LogP contribution in [0.3, 0.4) is 0 Å². The lowest BCUT2D eigenvalue weighted by atomic mass is 9.68. The van der Waals surface area contributed by atoms with E-state index in [1.54, 1.807) is 0 Å². The molecule has 0 atom stereocenters. The van der Waals surface area contributed by atoms with Crippen molar-refractivity contribution >= 4 is 65.7 Å². The molecule has 1 fully saturated rings. The van der Waals surface area contributed by atoms with Crippen molar-refractivity contribution in [1.29, 1.82) is 0 Å². The number of aromatic nitrogens is 4. The number of hydrogen-bond acceptors (Lipinski definition) is 5. The van der Waals surface area contributed by atoms with Gasteiger partial charge in [0.05, 0.1) is 11.0 Å². The molecule has 298 valence electrons. The van der Waals surface area contributed by atoms with Crippen LogP contribution in [0, 0.1) is 0 Å². The second-order valence-corrected chi connectivity index (χ2v) is 17.4. The van der Waals surface area contributed by atoms with Gasteiger partial charge in [0.15, 0.2) is 11.6 Å². The molecule has 6 heteroatoms. The second-order valence-electron chi connectivity index (χ2n) is 17.4. The number of fused-ring (bicyclic) bond motifs is 14. The summed E-state index contributed by atoms with van der Waals surface area (Å²) < 4.78 is 15.3. The predicted octanol–water partition coefficient (Wildman–Crippen LogP) is 15.0. The van der Waals surface area contributed by atoms with E-state index in [0.29, 0.717) is 17.6 Å². The minimum Gasteiger partial charge on any atom is -0.456 e. The molecule has 1 saturated carbocycles. The zero-order chi connectivity index (χ0) is 41.2. The van der Waals surface area contributed by atoms with Gasteiger partial charge in [0.2, 0.25) is 5.95 Å². The summed E-state index contributed by atoms with van der Waals surface area (Å²) in [7, 11) is 0. The van der Waals surface area contributed by atoms with E-state index >= 15 is 0 Å². The molecule has 2 aliphatic carbocycles. The van der Waals surface area contributed by atoms with Gasteiger partial charge in [0.1, 0.15) is 22.3 Å². The molecule has 14 rings (SSSR count). The molecular weight excluding hydrogens is 773 g/mol. The lowest BCUT2D eigenvalue weighted by Gasteiger charge is -2.36. The lowest BCUT2D eigenvalue weighted by Crippen LogP contribution is -2.28. The van der Waals surface area contributed by atoms with Gasteiger partial charge >= 0.3 is 0 Å². The quantitative estimate of drug-likeness (QED) is 0.177. The molecule has 1 spiro atoms. The highest BCUT2D eigenvalue weighted by Crippen LogP contribution is 2.57. The highest BCUT2D eigenvalue weighted by atomic mass is 16.3. The van der Waals surface area contributed by atoms with Crippen molar-refractivity contribution in [1.82, 2.24) is 19.5 Å². The molecule has 4 heterocycles. The average Bonchev–Trinajstić information content (AvgIpc) is 4.08. The first-order chi connectivity index (χ1) is 31.2. The molecule has 0 saturated heterocycles. The SMILES string of the molecule is c1ccc(-c2cccc3oc4cc(-c5nc(-c6ccc7c(c6)oc6ccccc67)nc(-n6c7ccccc7c7cc8c(cc76)C6(CCCCC6)c6ccccc6-8)n5)ccc4c23)cc1. The van der Waals surface area contributed by atoms with Crippen molar-refractivity contribution in [2.75, 3.05) is 0 Å². The van der Waals surface area contributed by atoms with Gasteiger partial charge in [-0.1, -0.05) is 135 Å². The molecule has 0 bridgehead atoms. The molecule has 12 aromatic rings. The second kappa shape index (κ2) is 13.1. The number of hydrogen-bond donors (Lipinski definition) is 0. The van der Waals surface area contributed by atoms with E-state index in [4.69, 9.17) is 23.8 Å². The van der Waals surface area contributed by atoms with Gasteiger partial charge in [0.25, 0.3) is 0 Å². The smallest absolute Gasteiger partial charge is 0.238 e. The first kappa shape index (κ1) is 34.8. The van der Waals surface area contributed by atoms with Crippen molar-refractivity contribution in [3.05, 3.63) is 181 Å². The fourth-order valence-corrected chi connectivity index (χ4v) is 11.2. The summed E-state index contributed by atoms with van der Waals surface area (Å²) >= 11 is 0. The highest BCUT2D eigenvalue weighted by molar-refractivity contribution is 6.14. The van der Waals surface area contributed by atoms with Crippen molar-refractivity contribution in [2.45, 2.75) is 37.5 Å². The summed E-state index contributed by atoms with van der Waals surface area (Å²) in [6, 6.07) is 60.3. The zero-order valence-electron chi connectivity index (χ0n) is 34.3.